The fourth-order valence-electron chi connectivity index (χ4n) is 1.97. The minimum Gasteiger partial charge on any atom is -0.609 e. The molecule has 0 N–H and O–H groups in total. The Kier molecular flexibility index (Phi) is 3.25. The summed E-state index contributed by atoms with van der Waals surface area (Å²) in [7, 11) is 0. The third-order valence-corrected chi connectivity index (χ3v) is 3.59. The zero-order chi connectivity index (χ0) is 14.1. The molecule has 0 aliphatic heterocycles. The van der Waals surface area contributed by atoms with Crippen LogP contribution in [0.5, 0.6) is 0 Å². The molecule has 100 valence electrons. The Bertz CT molecular complexity index is 816. The van der Waals surface area contributed by atoms with Gasteiger partial charge in [0.1, 0.15) is 6.26 Å². The largest absolute Gasteiger partial charge is 0.609 e. The minimum absolute atomic E-state index is 0.185. The van der Waals surface area contributed by atoms with Gasteiger partial charge in [0.05, 0.1) is 5.69 Å². The van der Waals surface area contributed by atoms with Crippen molar-refractivity contribution in [3.63, 3.8) is 0 Å². The molecule has 0 saturated heterocycles. The highest BCUT2D eigenvalue weighted by atomic mass is 32.2. The molecule has 0 aliphatic carbocycles. The predicted molar refractivity (Wildman–Crippen MR) is 77.5 cm³/mol. The van der Waals surface area contributed by atoms with Gasteiger partial charge in [-0.25, -0.2) is 0 Å². The van der Waals surface area contributed by atoms with E-state index in [-0.39, 0.29) is 10.7 Å². The molecule has 1 aromatic carbocycles. The first kappa shape index (κ1) is 12.8. The summed E-state index contributed by atoms with van der Waals surface area (Å²) in [5.41, 5.74) is 0.994. The number of para-hydroxylation sites is 1. The van der Waals surface area contributed by atoms with Gasteiger partial charge in [0, 0.05) is 28.8 Å². The molecule has 20 heavy (non-hydrogen) atoms. The lowest BCUT2D eigenvalue weighted by Gasteiger charge is -2.09. The van der Waals surface area contributed by atoms with E-state index >= 15 is 0 Å². The average molecular weight is 285 g/mol. The molecule has 1 unspecified atom stereocenters. The molecule has 3 aromatic rings. The zero-order valence-electron chi connectivity index (χ0n) is 10.7. The molecule has 0 fully saturated rings. The van der Waals surface area contributed by atoms with E-state index in [1.807, 2.05) is 30.3 Å². The van der Waals surface area contributed by atoms with Crippen molar-refractivity contribution in [3.8, 4) is 5.69 Å². The van der Waals surface area contributed by atoms with Crippen LogP contribution < -0.4 is 5.56 Å². The topological polar surface area (TPSA) is 70.8 Å². The lowest BCUT2D eigenvalue weighted by atomic mass is 10.3. The monoisotopic (exact) mass is 285 g/mol. The number of fused-ring (bicyclic) bond motifs is 1. The summed E-state index contributed by atoms with van der Waals surface area (Å²) in [6.07, 6.45) is 3.09. The van der Waals surface area contributed by atoms with Gasteiger partial charge in [-0.2, -0.15) is 9.97 Å². The first-order valence-corrected chi connectivity index (χ1v) is 7.50. The normalized spacial score (nSPS) is 12.5. The van der Waals surface area contributed by atoms with Crippen LogP contribution in [0.3, 0.4) is 0 Å². The second-order valence-corrected chi connectivity index (χ2v) is 5.50. The third kappa shape index (κ3) is 2.19. The van der Waals surface area contributed by atoms with Gasteiger partial charge < -0.3 is 4.55 Å². The first-order valence-electron chi connectivity index (χ1n) is 5.94. The van der Waals surface area contributed by atoms with Gasteiger partial charge in [-0.05, 0) is 18.2 Å². The Morgan fingerprint density at radius 2 is 1.90 bits per heavy atom. The molecular weight excluding hydrogens is 274 g/mol. The van der Waals surface area contributed by atoms with Crippen LogP contribution in [0.2, 0.25) is 0 Å². The van der Waals surface area contributed by atoms with Crippen LogP contribution in [0.4, 0.5) is 0 Å². The highest BCUT2D eigenvalue weighted by Gasteiger charge is 2.13. The van der Waals surface area contributed by atoms with Gasteiger partial charge in [-0.15, -0.1) is 0 Å². The predicted octanol–water partition coefficient (Wildman–Crippen LogP) is 1.52. The highest BCUT2D eigenvalue weighted by molar-refractivity contribution is 7.90. The number of hydrogen-bond acceptors (Lipinski definition) is 4. The van der Waals surface area contributed by atoms with Crippen LogP contribution in [0, 0.1) is 0 Å². The van der Waals surface area contributed by atoms with E-state index in [0.29, 0.717) is 5.65 Å². The van der Waals surface area contributed by atoms with Crippen molar-refractivity contribution >= 4 is 22.2 Å². The van der Waals surface area contributed by atoms with Gasteiger partial charge in [-0.1, -0.05) is 18.2 Å². The summed E-state index contributed by atoms with van der Waals surface area (Å²) in [6, 6.07) is 12.4. The average Bonchev–Trinajstić information content (AvgIpc) is 2.47. The molecule has 0 amide bonds. The quantitative estimate of drug-likeness (QED) is 0.528. The molecule has 0 saturated carbocycles. The van der Waals surface area contributed by atoms with E-state index < -0.39 is 11.2 Å². The summed E-state index contributed by atoms with van der Waals surface area (Å²) in [4.78, 5) is 20.4. The van der Waals surface area contributed by atoms with E-state index in [4.69, 9.17) is 0 Å². The standard InChI is InChI=1S/C14H11N3O2S/c1-20(19)14-15-9-10-7-8-12(18)17(13(10)16-14)11-5-3-2-4-6-11/h2-9H,1H3. The summed E-state index contributed by atoms with van der Waals surface area (Å²) in [5, 5.41) is 0.940. The van der Waals surface area contributed by atoms with Gasteiger partial charge in [-0.3, -0.25) is 9.36 Å². The molecule has 0 spiro atoms. The summed E-state index contributed by atoms with van der Waals surface area (Å²) in [6.45, 7) is 0. The molecule has 1 atom stereocenters. The van der Waals surface area contributed by atoms with Crippen molar-refractivity contribution < 1.29 is 4.55 Å². The molecule has 2 aromatic heterocycles. The van der Waals surface area contributed by atoms with Crippen molar-refractivity contribution in [3.05, 3.63) is 59.0 Å². The molecule has 0 radical (unpaired) electrons. The molecular formula is C14H11N3O2S. The fourth-order valence-corrected chi connectivity index (χ4v) is 2.38. The van der Waals surface area contributed by atoms with Crippen LogP contribution in [0.15, 0.2) is 58.6 Å². The maximum atomic E-state index is 12.1. The Morgan fingerprint density at radius 1 is 1.15 bits per heavy atom. The number of aromatic nitrogens is 3. The van der Waals surface area contributed by atoms with Gasteiger partial charge >= 0.3 is 5.16 Å². The van der Waals surface area contributed by atoms with Crippen LogP contribution >= 0.6 is 0 Å². The maximum Gasteiger partial charge on any atom is 0.344 e. The lowest BCUT2D eigenvalue weighted by Crippen LogP contribution is -2.19. The van der Waals surface area contributed by atoms with Crippen LogP contribution in [0.1, 0.15) is 0 Å². The van der Waals surface area contributed by atoms with E-state index in [0.717, 1.165) is 11.1 Å². The maximum absolute atomic E-state index is 12.1. The van der Waals surface area contributed by atoms with Crippen molar-refractivity contribution in [1.29, 1.82) is 0 Å². The smallest absolute Gasteiger partial charge is 0.344 e. The second kappa shape index (κ2) is 5.07. The van der Waals surface area contributed by atoms with Crippen molar-refractivity contribution in [1.82, 2.24) is 14.5 Å². The summed E-state index contributed by atoms with van der Waals surface area (Å²) in [5.74, 6) is 0. The van der Waals surface area contributed by atoms with Crippen molar-refractivity contribution in [2.45, 2.75) is 5.16 Å². The number of benzene rings is 1. The van der Waals surface area contributed by atoms with Gasteiger partial charge in [0.25, 0.3) is 5.56 Å². The summed E-state index contributed by atoms with van der Waals surface area (Å²) >= 11 is -1.29. The van der Waals surface area contributed by atoms with Crippen LogP contribution in [-0.4, -0.2) is 25.3 Å². The minimum atomic E-state index is -1.29. The van der Waals surface area contributed by atoms with Gasteiger partial charge in [0.2, 0.25) is 0 Å². The molecule has 5 nitrogen and oxygen atoms in total. The van der Waals surface area contributed by atoms with E-state index in [2.05, 4.69) is 9.97 Å². The van der Waals surface area contributed by atoms with Crippen molar-refractivity contribution in [2.24, 2.45) is 0 Å². The second-order valence-electron chi connectivity index (χ2n) is 4.23. The molecule has 6 heteroatoms. The Balaban J connectivity index is 2.37. The third-order valence-electron chi connectivity index (χ3n) is 2.88. The molecule has 0 bridgehead atoms. The summed E-state index contributed by atoms with van der Waals surface area (Å²) < 4.78 is 13.0. The zero-order valence-corrected chi connectivity index (χ0v) is 11.5. The van der Waals surface area contributed by atoms with E-state index in [1.54, 1.807) is 12.3 Å². The van der Waals surface area contributed by atoms with Crippen molar-refractivity contribution in [2.75, 3.05) is 6.26 Å². The Morgan fingerprint density at radius 3 is 2.60 bits per heavy atom. The fraction of sp³-hybridized carbons (Fsp3) is 0.0714. The first-order chi connectivity index (χ1) is 9.66. The Labute approximate surface area is 118 Å². The van der Waals surface area contributed by atoms with Crippen LogP contribution in [0.25, 0.3) is 16.7 Å². The molecule has 0 aliphatic rings. The number of pyridine rings is 1. The highest BCUT2D eigenvalue weighted by Crippen LogP contribution is 2.15. The molecule has 2 heterocycles. The van der Waals surface area contributed by atoms with E-state index in [1.165, 1.54) is 16.9 Å². The van der Waals surface area contributed by atoms with E-state index in [9.17, 15) is 9.35 Å². The van der Waals surface area contributed by atoms with Gasteiger partial charge in [0.15, 0.2) is 5.65 Å². The molecule has 3 rings (SSSR count). The number of nitrogens with zero attached hydrogens (tertiary/aromatic N) is 3. The Hall–Kier alpha value is -2.18. The van der Waals surface area contributed by atoms with Crippen LogP contribution in [-0.2, 0) is 11.2 Å². The lowest BCUT2D eigenvalue weighted by molar-refractivity contribution is 0.592. The SMILES string of the molecule is C[S+]([O-])c1ncc2ccc(=O)n(-c3ccccc3)c2n1. The number of rotatable bonds is 2. The number of hydrogen-bond donors (Lipinski definition) is 0.